The molecule has 0 aliphatic carbocycles. The van der Waals surface area contributed by atoms with Crippen LogP contribution in [-0.4, -0.2) is 40.9 Å². The molecule has 216 valence electrons. The van der Waals surface area contributed by atoms with Gasteiger partial charge in [0.15, 0.2) is 0 Å². The molecular formula is C31H27ClF3N5O2. The van der Waals surface area contributed by atoms with E-state index in [0.29, 0.717) is 48.0 Å². The first kappa shape index (κ1) is 28.9. The minimum atomic E-state index is -4.49. The second-order valence-electron chi connectivity index (χ2n) is 9.69. The van der Waals surface area contributed by atoms with Crippen LogP contribution in [0.2, 0.25) is 5.02 Å². The number of likely N-dealkylation sites (N-methyl/N-ethyl adjacent to an activating group) is 1. The number of fused-ring (bicyclic) bond motifs is 1. The lowest BCUT2D eigenvalue weighted by Crippen LogP contribution is -2.30. The molecule has 2 heterocycles. The fourth-order valence-corrected chi connectivity index (χ4v) is 4.67. The Kier molecular flexibility index (Phi) is 8.63. The summed E-state index contributed by atoms with van der Waals surface area (Å²) in [5, 5.41) is 6.65. The zero-order valence-corrected chi connectivity index (χ0v) is 23.3. The normalized spacial score (nSPS) is 12.8. The molecule has 1 aliphatic rings. The third-order valence-corrected chi connectivity index (χ3v) is 6.97. The zero-order valence-electron chi connectivity index (χ0n) is 22.6. The van der Waals surface area contributed by atoms with Crippen LogP contribution in [-0.2, 0) is 17.4 Å². The number of benzene rings is 3. The van der Waals surface area contributed by atoms with E-state index in [1.165, 1.54) is 18.5 Å². The number of nitrogens with one attached hydrogen (secondary N) is 2. The molecule has 3 aromatic carbocycles. The van der Waals surface area contributed by atoms with Crippen molar-refractivity contribution in [1.29, 1.82) is 0 Å². The topological polar surface area (TPSA) is 79.4 Å². The number of hydrogen-bond acceptors (Lipinski definition) is 6. The second-order valence-corrected chi connectivity index (χ2v) is 10.1. The highest BCUT2D eigenvalue weighted by molar-refractivity contribution is 6.32. The molecule has 0 saturated heterocycles. The SMILES string of the molecule is CN(CCc1ccccc1)C(=O)C1=Cc2c(ncnc2Nc2ccc(Oc3cccc(C(F)(F)F)c3)c(Cl)c2)NCC1. The Morgan fingerprint density at radius 1 is 1.07 bits per heavy atom. The van der Waals surface area contributed by atoms with Gasteiger partial charge in [0.1, 0.15) is 29.5 Å². The summed E-state index contributed by atoms with van der Waals surface area (Å²) in [6.07, 6.45) is -0.0236. The number of aromatic nitrogens is 2. The van der Waals surface area contributed by atoms with E-state index in [2.05, 4.69) is 20.6 Å². The van der Waals surface area contributed by atoms with E-state index < -0.39 is 11.7 Å². The summed E-state index contributed by atoms with van der Waals surface area (Å²) in [6, 6.07) is 19.4. The number of carbonyl (C=O) groups excluding carboxylic acids is 1. The number of halogens is 4. The van der Waals surface area contributed by atoms with Crippen molar-refractivity contribution in [2.45, 2.75) is 19.0 Å². The Balaban J connectivity index is 1.33. The van der Waals surface area contributed by atoms with Gasteiger partial charge in [0.05, 0.1) is 16.1 Å². The highest BCUT2D eigenvalue weighted by Crippen LogP contribution is 2.36. The lowest BCUT2D eigenvalue weighted by atomic mass is 10.1. The molecule has 0 saturated carbocycles. The van der Waals surface area contributed by atoms with E-state index in [1.54, 1.807) is 36.2 Å². The molecule has 0 bridgehead atoms. The summed E-state index contributed by atoms with van der Waals surface area (Å²) in [4.78, 5) is 23.8. The van der Waals surface area contributed by atoms with E-state index in [4.69, 9.17) is 16.3 Å². The average molecular weight is 594 g/mol. The van der Waals surface area contributed by atoms with Gasteiger partial charge in [-0.05, 0) is 60.9 Å². The Hall–Kier alpha value is -4.57. The fourth-order valence-electron chi connectivity index (χ4n) is 4.45. The Morgan fingerprint density at radius 3 is 2.64 bits per heavy atom. The largest absolute Gasteiger partial charge is 0.456 e. The maximum Gasteiger partial charge on any atom is 0.416 e. The number of hydrogen-bond donors (Lipinski definition) is 2. The average Bonchev–Trinajstić information content (AvgIpc) is 3.21. The molecule has 4 aromatic rings. The predicted octanol–water partition coefficient (Wildman–Crippen LogP) is 7.58. The van der Waals surface area contributed by atoms with Crippen molar-refractivity contribution in [1.82, 2.24) is 14.9 Å². The van der Waals surface area contributed by atoms with E-state index >= 15 is 0 Å². The molecule has 0 unspecified atom stereocenters. The number of anilines is 3. The van der Waals surface area contributed by atoms with Crippen LogP contribution in [0.4, 0.5) is 30.5 Å². The number of amides is 1. The minimum Gasteiger partial charge on any atom is -0.456 e. The van der Waals surface area contributed by atoms with E-state index in [9.17, 15) is 18.0 Å². The number of ether oxygens (including phenoxy) is 1. The van der Waals surface area contributed by atoms with E-state index in [1.807, 2.05) is 30.3 Å². The van der Waals surface area contributed by atoms with Crippen molar-refractivity contribution >= 4 is 40.9 Å². The molecule has 1 aromatic heterocycles. The fraction of sp³-hybridized carbons (Fsp3) is 0.194. The van der Waals surface area contributed by atoms with Crippen LogP contribution in [0.3, 0.4) is 0 Å². The van der Waals surface area contributed by atoms with Gasteiger partial charge < -0.3 is 20.3 Å². The van der Waals surface area contributed by atoms with Crippen LogP contribution < -0.4 is 15.4 Å². The number of carbonyl (C=O) groups is 1. The zero-order chi connectivity index (χ0) is 29.7. The molecule has 1 amide bonds. The van der Waals surface area contributed by atoms with Crippen molar-refractivity contribution in [3.63, 3.8) is 0 Å². The number of nitrogens with zero attached hydrogens (tertiary/aromatic N) is 3. The lowest BCUT2D eigenvalue weighted by Gasteiger charge is -2.19. The second kappa shape index (κ2) is 12.5. The first-order chi connectivity index (χ1) is 20.2. The maximum atomic E-state index is 13.3. The van der Waals surface area contributed by atoms with E-state index in [-0.39, 0.29) is 22.4 Å². The Morgan fingerprint density at radius 2 is 1.88 bits per heavy atom. The minimum absolute atomic E-state index is 0.00991. The third-order valence-electron chi connectivity index (χ3n) is 6.67. The predicted molar refractivity (Wildman–Crippen MR) is 157 cm³/mol. The summed E-state index contributed by atoms with van der Waals surface area (Å²) < 4.78 is 44.8. The summed E-state index contributed by atoms with van der Waals surface area (Å²) >= 11 is 6.42. The number of alkyl halides is 3. The lowest BCUT2D eigenvalue weighted by molar-refractivity contribution is -0.137. The summed E-state index contributed by atoms with van der Waals surface area (Å²) in [5.74, 6) is 1.16. The van der Waals surface area contributed by atoms with Crippen molar-refractivity contribution < 1.29 is 22.7 Å². The number of rotatable bonds is 8. The standard InChI is InChI=1S/C31H27ClF3N5O2/c1-40(15-13-20-6-3-2-4-7-20)30(41)21-12-14-36-28-25(16-21)29(38-19-37-28)39-23-10-11-27(26(32)18-23)42-24-9-5-8-22(17-24)31(33,34)35/h2-11,16-19H,12-15H2,1H3,(H2,36,37,38,39). The molecule has 5 rings (SSSR count). The van der Waals surface area contributed by atoms with Gasteiger partial charge in [-0.15, -0.1) is 0 Å². The van der Waals surface area contributed by atoms with Gasteiger partial charge in [0.2, 0.25) is 5.91 Å². The monoisotopic (exact) mass is 593 g/mol. The van der Waals surface area contributed by atoms with Crippen LogP contribution in [0.5, 0.6) is 11.5 Å². The van der Waals surface area contributed by atoms with Gasteiger partial charge in [-0.25, -0.2) is 9.97 Å². The smallest absolute Gasteiger partial charge is 0.416 e. The summed E-state index contributed by atoms with van der Waals surface area (Å²) in [6.45, 7) is 1.10. The van der Waals surface area contributed by atoms with Crippen LogP contribution in [0.25, 0.3) is 6.08 Å². The van der Waals surface area contributed by atoms with Crippen LogP contribution >= 0.6 is 11.6 Å². The quantitative estimate of drug-likeness (QED) is 0.219. The molecule has 42 heavy (non-hydrogen) atoms. The highest BCUT2D eigenvalue weighted by Gasteiger charge is 2.30. The van der Waals surface area contributed by atoms with Crippen molar-refractivity contribution in [3.05, 3.63) is 106 Å². The van der Waals surface area contributed by atoms with Gasteiger partial charge in [-0.3, -0.25) is 4.79 Å². The van der Waals surface area contributed by atoms with Gasteiger partial charge >= 0.3 is 6.18 Å². The molecule has 0 spiro atoms. The highest BCUT2D eigenvalue weighted by atomic mass is 35.5. The Labute approximate surface area is 246 Å². The van der Waals surface area contributed by atoms with E-state index in [0.717, 1.165) is 24.1 Å². The van der Waals surface area contributed by atoms with Crippen LogP contribution in [0.15, 0.2) is 84.7 Å². The molecule has 0 fully saturated rings. The third kappa shape index (κ3) is 7.01. The van der Waals surface area contributed by atoms with Crippen LogP contribution in [0.1, 0.15) is 23.1 Å². The molecule has 0 atom stereocenters. The summed E-state index contributed by atoms with van der Waals surface area (Å²) in [7, 11) is 1.79. The molecular weight excluding hydrogens is 567 g/mol. The molecule has 0 radical (unpaired) electrons. The molecule has 2 N–H and O–H groups in total. The van der Waals surface area contributed by atoms with Gasteiger partial charge in [0, 0.05) is 31.4 Å². The van der Waals surface area contributed by atoms with Crippen molar-refractivity contribution in [3.8, 4) is 11.5 Å². The maximum absolute atomic E-state index is 13.3. The first-order valence-electron chi connectivity index (χ1n) is 13.2. The van der Waals surface area contributed by atoms with Gasteiger partial charge in [-0.1, -0.05) is 48.0 Å². The molecule has 11 heteroatoms. The van der Waals surface area contributed by atoms with Crippen molar-refractivity contribution in [2.75, 3.05) is 30.8 Å². The van der Waals surface area contributed by atoms with Crippen LogP contribution in [0, 0.1) is 0 Å². The van der Waals surface area contributed by atoms with Gasteiger partial charge in [0.25, 0.3) is 0 Å². The molecule has 7 nitrogen and oxygen atoms in total. The van der Waals surface area contributed by atoms with Gasteiger partial charge in [-0.2, -0.15) is 13.2 Å². The van der Waals surface area contributed by atoms with Crippen molar-refractivity contribution in [2.24, 2.45) is 0 Å². The Bertz CT molecular complexity index is 1610. The molecule has 1 aliphatic heterocycles. The summed E-state index contributed by atoms with van der Waals surface area (Å²) in [5.41, 5.74) is 2.14. The first-order valence-corrected chi connectivity index (χ1v) is 13.6.